The lowest BCUT2D eigenvalue weighted by Crippen LogP contribution is -2.38. The number of hydrogen-bond acceptors (Lipinski definition) is 2. The Kier molecular flexibility index (Phi) is 5.82. The van der Waals surface area contributed by atoms with Crippen molar-refractivity contribution in [2.75, 3.05) is 6.61 Å². The first-order valence-corrected chi connectivity index (χ1v) is 6.41. The van der Waals surface area contributed by atoms with Crippen molar-refractivity contribution in [2.24, 2.45) is 5.73 Å². The third-order valence-electron chi connectivity index (χ3n) is 3.01. The summed E-state index contributed by atoms with van der Waals surface area (Å²) in [5.74, 6) is 0. The first-order valence-electron chi connectivity index (χ1n) is 6.41. The van der Waals surface area contributed by atoms with Crippen LogP contribution in [0.25, 0.3) is 0 Å². The smallest absolute Gasteiger partial charge is 0.377 e. The van der Waals surface area contributed by atoms with Crippen LogP contribution in [0.2, 0.25) is 0 Å². The Bertz CT molecular complexity index is 375. The number of ether oxygens (including phenoxy) is 1. The Labute approximate surface area is 111 Å². The van der Waals surface area contributed by atoms with Gasteiger partial charge in [0.1, 0.15) is 0 Å². The number of benzene rings is 1. The standard InChI is InChI=1S/C14H20F3NO/c1-3-13(19-4-2)12(18)9-10-5-7-11(8-6-10)14(15,16)17/h5-8,12-13H,3-4,9,18H2,1-2H3. The van der Waals surface area contributed by atoms with Gasteiger partial charge in [0.2, 0.25) is 0 Å². The van der Waals surface area contributed by atoms with Crippen LogP contribution in [0.4, 0.5) is 13.2 Å². The fraction of sp³-hybridized carbons (Fsp3) is 0.571. The Balaban J connectivity index is 2.67. The highest BCUT2D eigenvalue weighted by atomic mass is 19.4. The van der Waals surface area contributed by atoms with Crippen molar-refractivity contribution in [1.82, 2.24) is 0 Å². The summed E-state index contributed by atoms with van der Waals surface area (Å²) in [6.45, 7) is 4.46. The van der Waals surface area contributed by atoms with Crippen molar-refractivity contribution in [1.29, 1.82) is 0 Å². The summed E-state index contributed by atoms with van der Waals surface area (Å²) in [5, 5.41) is 0. The molecule has 0 aromatic heterocycles. The molecule has 0 aliphatic carbocycles. The minimum Gasteiger partial charge on any atom is -0.377 e. The summed E-state index contributed by atoms with van der Waals surface area (Å²) < 4.78 is 42.8. The van der Waals surface area contributed by atoms with Crippen LogP contribution in [0, 0.1) is 0 Å². The van der Waals surface area contributed by atoms with E-state index in [-0.39, 0.29) is 12.1 Å². The van der Waals surface area contributed by atoms with Crippen molar-refractivity contribution < 1.29 is 17.9 Å². The molecule has 0 bridgehead atoms. The van der Waals surface area contributed by atoms with Gasteiger partial charge in [0, 0.05) is 12.6 Å². The van der Waals surface area contributed by atoms with Crippen LogP contribution >= 0.6 is 0 Å². The number of nitrogens with two attached hydrogens (primary N) is 1. The van der Waals surface area contributed by atoms with Crippen molar-refractivity contribution in [3.8, 4) is 0 Å². The van der Waals surface area contributed by atoms with E-state index in [0.717, 1.165) is 24.1 Å². The van der Waals surface area contributed by atoms with Gasteiger partial charge in [-0.1, -0.05) is 19.1 Å². The molecule has 108 valence electrons. The zero-order valence-corrected chi connectivity index (χ0v) is 11.2. The molecule has 2 nitrogen and oxygen atoms in total. The van der Waals surface area contributed by atoms with Crippen molar-refractivity contribution in [3.05, 3.63) is 35.4 Å². The van der Waals surface area contributed by atoms with Gasteiger partial charge >= 0.3 is 6.18 Å². The number of rotatable bonds is 6. The van der Waals surface area contributed by atoms with E-state index in [1.807, 2.05) is 13.8 Å². The van der Waals surface area contributed by atoms with Gasteiger partial charge in [-0.25, -0.2) is 0 Å². The van der Waals surface area contributed by atoms with Gasteiger partial charge in [0.05, 0.1) is 11.7 Å². The van der Waals surface area contributed by atoms with Gasteiger partial charge in [0.25, 0.3) is 0 Å². The second kappa shape index (κ2) is 6.91. The van der Waals surface area contributed by atoms with E-state index >= 15 is 0 Å². The van der Waals surface area contributed by atoms with E-state index in [0.29, 0.717) is 13.0 Å². The largest absolute Gasteiger partial charge is 0.416 e. The molecule has 0 heterocycles. The summed E-state index contributed by atoms with van der Waals surface area (Å²) >= 11 is 0. The van der Waals surface area contributed by atoms with Gasteiger partial charge in [-0.2, -0.15) is 13.2 Å². The maximum atomic E-state index is 12.4. The third kappa shape index (κ3) is 4.84. The first-order chi connectivity index (χ1) is 8.88. The molecule has 19 heavy (non-hydrogen) atoms. The quantitative estimate of drug-likeness (QED) is 0.863. The molecule has 0 saturated carbocycles. The van der Waals surface area contributed by atoms with Crippen LogP contribution in [-0.4, -0.2) is 18.8 Å². The molecule has 0 radical (unpaired) electrons. The Hall–Kier alpha value is -1.07. The van der Waals surface area contributed by atoms with Gasteiger partial charge < -0.3 is 10.5 Å². The molecule has 5 heteroatoms. The highest BCUT2D eigenvalue weighted by Gasteiger charge is 2.30. The van der Waals surface area contributed by atoms with Crippen molar-refractivity contribution in [3.63, 3.8) is 0 Å². The molecule has 2 N–H and O–H groups in total. The number of halogens is 3. The molecular weight excluding hydrogens is 255 g/mol. The predicted octanol–water partition coefficient (Wildman–Crippen LogP) is 3.39. The fourth-order valence-corrected chi connectivity index (χ4v) is 1.99. The predicted molar refractivity (Wildman–Crippen MR) is 68.8 cm³/mol. The normalized spacial score (nSPS) is 15.3. The van der Waals surface area contributed by atoms with Crippen LogP contribution in [0.3, 0.4) is 0 Å². The van der Waals surface area contributed by atoms with E-state index in [4.69, 9.17) is 10.5 Å². The van der Waals surface area contributed by atoms with Gasteiger partial charge in [-0.15, -0.1) is 0 Å². The molecule has 0 saturated heterocycles. The molecule has 1 rings (SSSR count). The summed E-state index contributed by atoms with van der Waals surface area (Å²) in [7, 11) is 0. The Morgan fingerprint density at radius 3 is 2.16 bits per heavy atom. The van der Waals surface area contributed by atoms with Crippen LogP contribution in [0.1, 0.15) is 31.4 Å². The maximum Gasteiger partial charge on any atom is 0.416 e. The lowest BCUT2D eigenvalue weighted by Gasteiger charge is -2.22. The molecule has 0 amide bonds. The van der Waals surface area contributed by atoms with E-state index in [1.54, 1.807) is 0 Å². The Morgan fingerprint density at radius 1 is 1.16 bits per heavy atom. The average Bonchev–Trinajstić information content (AvgIpc) is 2.35. The summed E-state index contributed by atoms with van der Waals surface area (Å²) in [5.41, 5.74) is 6.18. The van der Waals surface area contributed by atoms with E-state index in [9.17, 15) is 13.2 Å². The molecule has 0 aliphatic heterocycles. The second-order valence-corrected chi connectivity index (χ2v) is 4.46. The molecule has 0 aliphatic rings. The van der Waals surface area contributed by atoms with Gasteiger partial charge in [-0.05, 0) is 37.5 Å². The fourth-order valence-electron chi connectivity index (χ4n) is 1.99. The molecular formula is C14H20F3NO. The number of hydrogen-bond donors (Lipinski definition) is 1. The molecule has 2 atom stereocenters. The first kappa shape index (κ1) is 16.0. The highest BCUT2D eigenvalue weighted by molar-refractivity contribution is 5.25. The van der Waals surface area contributed by atoms with E-state index in [1.165, 1.54) is 12.1 Å². The molecule has 0 spiro atoms. The lowest BCUT2D eigenvalue weighted by atomic mass is 9.99. The molecule has 2 unspecified atom stereocenters. The third-order valence-corrected chi connectivity index (χ3v) is 3.01. The topological polar surface area (TPSA) is 35.2 Å². The monoisotopic (exact) mass is 275 g/mol. The number of alkyl halides is 3. The van der Waals surface area contributed by atoms with Crippen LogP contribution in [-0.2, 0) is 17.3 Å². The zero-order chi connectivity index (χ0) is 14.5. The van der Waals surface area contributed by atoms with Gasteiger partial charge in [-0.3, -0.25) is 0 Å². The van der Waals surface area contributed by atoms with Crippen LogP contribution in [0.5, 0.6) is 0 Å². The van der Waals surface area contributed by atoms with Crippen LogP contribution in [0.15, 0.2) is 24.3 Å². The van der Waals surface area contributed by atoms with Gasteiger partial charge in [0.15, 0.2) is 0 Å². The Morgan fingerprint density at radius 2 is 1.74 bits per heavy atom. The van der Waals surface area contributed by atoms with Crippen LogP contribution < -0.4 is 5.73 Å². The molecule has 1 aromatic carbocycles. The summed E-state index contributed by atoms with van der Waals surface area (Å²) in [6.07, 6.45) is -3.06. The maximum absolute atomic E-state index is 12.4. The summed E-state index contributed by atoms with van der Waals surface area (Å²) in [4.78, 5) is 0. The zero-order valence-electron chi connectivity index (χ0n) is 11.2. The average molecular weight is 275 g/mol. The van der Waals surface area contributed by atoms with E-state index < -0.39 is 11.7 Å². The van der Waals surface area contributed by atoms with Crippen molar-refractivity contribution >= 4 is 0 Å². The lowest BCUT2D eigenvalue weighted by molar-refractivity contribution is -0.137. The molecule has 0 fully saturated rings. The molecule has 1 aromatic rings. The highest BCUT2D eigenvalue weighted by Crippen LogP contribution is 2.29. The van der Waals surface area contributed by atoms with Crippen molar-refractivity contribution in [2.45, 2.75) is 45.0 Å². The SMILES string of the molecule is CCOC(CC)C(N)Cc1ccc(C(F)(F)F)cc1. The second-order valence-electron chi connectivity index (χ2n) is 4.46. The van der Waals surface area contributed by atoms with E-state index in [2.05, 4.69) is 0 Å². The minimum absolute atomic E-state index is 0.0627. The summed E-state index contributed by atoms with van der Waals surface area (Å²) in [6, 6.07) is 4.91. The minimum atomic E-state index is -4.29.